The first-order valence-electron chi connectivity index (χ1n) is 5.54. The lowest BCUT2D eigenvalue weighted by atomic mass is 9.98. The van der Waals surface area contributed by atoms with Gasteiger partial charge in [0.2, 0.25) is 0 Å². The summed E-state index contributed by atoms with van der Waals surface area (Å²) in [5.74, 6) is 0.234. The molecule has 1 rings (SSSR count). The molecule has 0 radical (unpaired) electrons. The standard InChI is InChI=1S/C9H20NO5P/c11-7-1-4-10-5-2-9(3-6-10)8-15-16(12,13)14/h9,11H,1-8H2,(H2,12,13,14). The van der Waals surface area contributed by atoms with E-state index < -0.39 is 7.82 Å². The molecule has 0 aliphatic carbocycles. The summed E-state index contributed by atoms with van der Waals surface area (Å²) in [4.78, 5) is 19.4. The largest absolute Gasteiger partial charge is 0.469 e. The number of piperidine rings is 1. The molecule has 96 valence electrons. The summed E-state index contributed by atoms with van der Waals surface area (Å²) in [5.41, 5.74) is 0. The summed E-state index contributed by atoms with van der Waals surface area (Å²) in [6.45, 7) is 3.06. The van der Waals surface area contributed by atoms with E-state index in [-0.39, 0.29) is 19.1 Å². The Kier molecular flexibility index (Phi) is 5.89. The van der Waals surface area contributed by atoms with E-state index in [1.807, 2.05) is 0 Å². The van der Waals surface area contributed by atoms with Gasteiger partial charge in [0.25, 0.3) is 0 Å². The zero-order chi connectivity index (χ0) is 12.0. The predicted molar refractivity (Wildman–Crippen MR) is 58.9 cm³/mol. The lowest BCUT2D eigenvalue weighted by Gasteiger charge is -2.31. The first-order valence-corrected chi connectivity index (χ1v) is 7.07. The monoisotopic (exact) mass is 253 g/mol. The molecule has 1 aliphatic rings. The van der Waals surface area contributed by atoms with E-state index in [2.05, 4.69) is 9.42 Å². The van der Waals surface area contributed by atoms with Crippen LogP contribution in [0.3, 0.4) is 0 Å². The maximum Gasteiger partial charge on any atom is 0.469 e. The third-order valence-corrected chi connectivity index (χ3v) is 3.30. The highest BCUT2D eigenvalue weighted by Crippen LogP contribution is 2.37. The predicted octanol–water partition coefficient (Wildman–Crippen LogP) is 0.190. The van der Waals surface area contributed by atoms with Crippen molar-refractivity contribution in [3.8, 4) is 0 Å². The molecule has 16 heavy (non-hydrogen) atoms. The Morgan fingerprint density at radius 3 is 2.44 bits per heavy atom. The van der Waals surface area contributed by atoms with E-state index in [0.717, 1.165) is 38.9 Å². The molecule has 0 unspecified atom stereocenters. The summed E-state index contributed by atoms with van der Waals surface area (Å²) in [7, 11) is -4.31. The van der Waals surface area contributed by atoms with Gasteiger partial charge in [0, 0.05) is 13.2 Å². The molecule has 1 saturated heterocycles. The van der Waals surface area contributed by atoms with Crippen LogP contribution in [-0.2, 0) is 9.09 Å². The van der Waals surface area contributed by atoms with E-state index in [1.54, 1.807) is 0 Å². The number of phosphoric acid groups is 1. The van der Waals surface area contributed by atoms with Gasteiger partial charge in [-0.1, -0.05) is 0 Å². The molecule has 0 spiro atoms. The van der Waals surface area contributed by atoms with Gasteiger partial charge in [0.15, 0.2) is 0 Å². The van der Waals surface area contributed by atoms with Gasteiger partial charge in [-0.05, 0) is 38.3 Å². The number of rotatable bonds is 6. The molecule has 0 amide bonds. The third-order valence-electron chi connectivity index (χ3n) is 2.82. The zero-order valence-electron chi connectivity index (χ0n) is 9.29. The second-order valence-electron chi connectivity index (χ2n) is 4.15. The fourth-order valence-electron chi connectivity index (χ4n) is 1.87. The van der Waals surface area contributed by atoms with Crippen LogP contribution in [0.1, 0.15) is 19.3 Å². The zero-order valence-corrected chi connectivity index (χ0v) is 10.2. The Morgan fingerprint density at radius 1 is 1.31 bits per heavy atom. The highest BCUT2D eigenvalue weighted by molar-refractivity contribution is 7.46. The van der Waals surface area contributed by atoms with Crippen LogP contribution in [0.2, 0.25) is 0 Å². The van der Waals surface area contributed by atoms with Gasteiger partial charge >= 0.3 is 7.82 Å². The minimum atomic E-state index is -4.31. The molecule has 1 fully saturated rings. The first-order chi connectivity index (χ1) is 7.51. The van der Waals surface area contributed by atoms with Crippen LogP contribution in [0.25, 0.3) is 0 Å². The van der Waals surface area contributed by atoms with E-state index in [1.165, 1.54) is 0 Å². The smallest absolute Gasteiger partial charge is 0.396 e. The summed E-state index contributed by atoms with van der Waals surface area (Å²) < 4.78 is 15.0. The molecular weight excluding hydrogens is 233 g/mol. The van der Waals surface area contributed by atoms with Gasteiger partial charge < -0.3 is 19.8 Å². The minimum absolute atomic E-state index is 0.137. The van der Waals surface area contributed by atoms with Crippen molar-refractivity contribution in [3.63, 3.8) is 0 Å². The van der Waals surface area contributed by atoms with Gasteiger partial charge in [-0.15, -0.1) is 0 Å². The number of phosphoric ester groups is 1. The number of likely N-dealkylation sites (tertiary alicyclic amines) is 1. The van der Waals surface area contributed by atoms with E-state index in [4.69, 9.17) is 14.9 Å². The van der Waals surface area contributed by atoms with E-state index in [0.29, 0.717) is 0 Å². The fraction of sp³-hybridized carbons (Fsp3) is 1.00. The van der Waals surface area contributed by atoms with Crippen LogP contribution < -0.4 is 0 Å². The fourth-order valence-corrected chi connectivity index (χ4v) is 2.28. The second-order valence-corrected chi connectivity index (χ2v) is 5.39. The Hall–Kier alpha value is 0.0300. The lowest BCUT2D eigenvalue weighted by Crippen LogP contribution is -2.35. The van der Waals surface area contributed by atoms with Gasteiger partial charge in [-0.3, -0.25) is 4.52 Å². The molecule has 0 aromatic carbocycles. The Morgan fingerprint density at radius 2 is 1.94 bits per heavy atom. The molecule has 0 aromatic rings. The van der Waals surface area contributed by atoms with Crippen LogP contribution in [-0.4, -0.2) is 52.6 Å². The normalized spacial score (nSPS) is 20.2. The van der Waals surface area contributed by atoms with Crippen molar-refractivity contribution >= 4 is 7.82 Å². The molecule has 7 heteroatoms. The molecule has 1 aliphatic heterocycles. The van der Waals surface area contributed by atoms with Crippen LogP contribution in [0.4, 0.5) is 0 Å². The number of nitrogens with zero attached hydrogens (tertiary/aromatic N) is 1. The second kappa shape index (κ2) is 6.69. The maximum absolute atomic E-state index is 10.5. The third kappa shape index (κ3) is 5.94. The van der Waals surface area contributed by atoms with Crippen molar-refractivity contribution in [3.05, 3.63) is 0 Å². The molecule has 6 nitrogen and oxygen atoms in total. The topological polar surface area (TPSA) is 90.2 Å². The van der Waals surface area contributed by atoms with Gasteiger partial charge in [-0.2, -0.15) is 0 Å². The van der Waals surface area contributed by atoms with Crippen LogP contribution in [0.5, 0.6) is 0 Å². The summed E-state index contributed by atoms with van der Waals surface area (Å²) in [6.07, 6.45) is 2.57. The average Bonchev–Trinajstić information content (AvgIpc) is 2.24. The highest BCUT2D eigenvalue weighted by Gasteiger charge is 2.22. The molecule has 0 aromatic heterocycles. The van der Waals surface area contributed by atoms with Gasteiger partial charge in [0.1, 0.15) is 0 Å². The van der Waals surface area contributed by atoms with Gasteiger partial charge in [0.05, 0.1) is 6.61 Å². The van der Waals surface area contributed by atoms with Crippen molar-refractivity contribution in [2.45, 2.75) is 19.3 Å². The molecule has 0 saturated carbocycles. The quantitative estimate of drug-likeness (QED) is 0.585. The highest BCUT2D eigenvalue weighted by atomic mass is 31.2. The summed E-state index contributed by atoms with van der Waals surface area (Å²) in [6, 6.07) is 0. The SMILES string of the molecule is O=P(O)(O)OCC1CCN(CCCO)CC1. The Bertz CT molecular complexity index is 236. The first kappa shape index (κ1) is 14.1. The Labute approximate surface area is 95.5 Å². The van der Waals surface area contributed by atoms with Crippen molar-refractivity contribution in [2.75, 3.05) is 32.8 Å². The van der Waals surface area contributed by atoms with E-state index in [9.17, 15) is 4.57 Å². The summed E-state index contributed by atoms with van der Waals surface area (Å²) >= 11 is 0. The van der Waals surface area contributed by atoms with Crippen molar-refractivity contribution in [2.24, 2.45) is 5.92 Å². The molecule has 1 heterocycles. The average molecular weight is 253 g/mol. The van der Waals surface area contributed by atoms with Gasteiger partial charge in [-0.25, -0.2) is 4.57 Å². The van der Waals surface area contributed by atoms with Crippen molar-refractivity contribution in [1.29, 1.82) is 0 Å². The maximum atomic E-state index is 10.5. The van der Waals surface area contributed by atoms with E-state index >= 15 is 0 Å². The Balaban J connectivity index is 2.14. The number of aliphatic hydroxyl groups excluding tert-OH is 1. The molecule has 0 atom stereocenters. The number of aliphatic hydroxyl groups is 1. The molecule has 0 bridgehead atoms. The minimum Gasteiger partial charge on any atom is -0.396 e. The van der Waals surface area contributed by atoms with Crippen molar-refractivity contribution in [1.82, 2.24) is 4.90 Å². The lowest BCUT2D eigenvalue weighted by molar-refractivity contribution is 0.113. The summed E-state index contributed by atoms with van der Waals surface area (Å²) in [5, 5.41) is 8.69. The van der Waals surface area contributed by atoms with Crippen LogP contribution >= 0.6 is 7.82 Å². The molecule has 3 N–H and O–H groups in total. The van der Waals surface area contributed by atoms with Crippen molar-refractivity contribution < 1.29 is 24.0 Å². The number of hydrogen-bond donors (Lipinski definition) is 3. The van der Waals surface area contributed by atoms with Crippen LogP contribution in [0, 0.1) is 5.92 Å². The van der Waals surface area contributed by atoms with Crippen LogP contribution in [0.15, 0.2) is 0 Å². The number of hydrogen-bond acceptors (Lipinski definition) is 4. The molecular formula is C9H20NO5P.